The summed E-state index contributed by atoms with van der Waals surface area (Å²) in [5, 5.41) is 4.12. The van der Waals surface area contributed by atoms with E-state index in [0.29, 0.717) is 12.4 Å². The summed E-state index contributed by atoms with van der Waals surface area (Å²) in [4.78, 5) is 8.47. The Morgan fingerprint density at radius 1 is 1.24 bits per heavy atom. The van der Waals surface area contributed by atoms with Gasteiger partial charge in [0, 0.05) is 17.5 Å². The van der Waals surface area contributed by atoms with E-state index in [4.69, 9.17) is 0 Å². The molecule has 0 saturated heterocycles. The molecule has 0 aliphatic rings. The topological polar surface area (TPSA) is 84.0 Å². The van der Waals surface area contributed by atoms with Crippen LogP contribution in [0.25, 0.3) is 10.9 Å². The molecule has 6 nitrogen and oxygen atoms in total. The number of hydrogen-bond acceptors (Lipinski definition) is 5. The highest BCUT2D eigenvalue weighted by atomic mass is 32.2. The van der Waals surface area contributed by atoms with Crippen molar-refractivity contribution >= 4 is 26.7 Å². The van der Waals surface area contributed by atoms with Gasteiger partial charge in [0.1, 0.15) is 12.1 Å². The molecule has 0 unspecified atom stereocenters. The Morgan fingerprint density at radius 2 is 1.95 bits per heavy atom. The first kappa shape index (κ1) is 15.7. The van der Waals surface area contributed by atoms with Gasteiger partial charge in [0.2, 0.25) is 10.0 Å². The molecular formula is C14H20N4O2S. The highest BCUT2D eigenvalue weighted by Crippen LogP contribution is 2.21. The fraction of sp³-hybridized carbons (Fsp3) is 0.429. The van der Waals surface area contributed by atoms with Gasteiger partial charge in [0.05, 0.1) is 11.8 Å². The average molecular weight is 308 g/mol. The maximum absolute atomic E-state index is 11.4. The van der Waals surface area contributed by atoms with Crippen molar-refractivity contribution in [2.45, 2.75) is 26.3 Å². The minimum absolute atomic E-state index is 0.417. The lowest BCUT2D eigenvalue weighted by atomic mass is 10.1. The molecule has 114 valence electrons. The van der Waals surface area contributed by atoms with Crippen LogP contribution < -0.4 is 10.0 Å². The van der Waals surface area contributed by atoms with Crippen molar-refractivity contribution in [3.8, 4) is 0 Å². The molecule has 0 fully saturated rings. The van der Waals surface area contributed by atoms with Crippen LogP contribution in [0, 0.1) is 6.92 Å². The van der Waals surface area contributed by atoms with Crippen LogP contribution in [-0.2, 0) is 10.0 Å². The minimum atomic E-state index is -3.26. The molecule has 0 atom stereocenters. The summed E-state index contributed by atoms with van der Waals surface area (Å²) in [6, 6.07) is 5.94. The summed E-state index contributed by atoms with van der Waals surface area (Å²) in [5.74, 6) is 0.701. The number of aryl methyl sites for hydroxylation is 1. The molecule has 1 aromatic heterocycles. The van der Waals surface area contributed by atoms with Crippen molar-refractivity contribution in [3.63, 3.8) is 0 Å². The summed E-state index contributed by atoms with van der Waals surface area (Å²) < 4.78 is 25.3. The van der Waals surface area contributed by atoms with Gasteiger partial charge in [-0.3, -0.25) is 0 Å². The van der Waals surface area contributed by atoms with E-state index in [1.165, 1.54) is 6.33 Å². The Kier molecular flexibility index (Phi) is 4.15. The van der Waals surface area contributed by atoms with Gasteiger partial charge in [0.15, 0.2) is 0 Å². The fourth-order valence-electron chi connectivity index (χ4n) is 2.15. The number of sulfonamides is 1. The quantitative estimate of drug-likeness (QED) is 0.878. The molecule has 0 aliphatic carbocycles. The number of benzene rings is 1. The SMILES string of the molecule is Cc1ccc2ncnc(NCC(C)(C)NS(C)(=O)=O)c2c1. The maximum Gasteiger partial charge on any atom is 0.209 e. The molecule has 0 amide bonds. The molecule has 0 saturated carbocycles. The van der Waals surface area contributed by atoms with Gasteiger partial charge in [0.25, 0.3) is 0 Å². The normalized spacial score (nSPS) is 12.6. The molecule has 2 N–H and O–H groups in total. The third-order valence-electron chi connectivity index (χ3n) is 2.95. The number of rotatable bonds is 5. The summed E-state index contributed by atoms with van der Waals surface area (Å²) in [6.07, 6.45) is 2.65. The van der Waals surface area contributed by atoms with E-state index in [1.807, 2.05) is 39.0 Å². The summed E-state index contributed by atoms with van der Waals surface area (Å²) in [7, 11) is -3.26. The standard InChI is InChI=1S/C14H20N4O2S/c1-10-5-6-12-11(7-10)13(17-9-16-12)15-8-14(2,3)18-21(4,19)20/h5-7,9,18H,8H2,1-4H3,(H,15,16,17). The number of aromatic nitrogens is 2. The lowest BCUT2D eigenvalue weighted by molar-refractivity contribution is 0.476. The summed E-state index contributed by atoms with van der Waals surface area (Å²) in [5.41, 5.74) is 1.36. The maximum atomic E-state index is 11.4. The molecule has 1 heterocycles. The zero-order valence-corrected chi connectivity index (χ0v) is 13.5. The van der Waals surface area contributed by atoms with Gasteiger partial charge >= 0.3 is 0 Å². The number of nitrogens with one attached hydrogen (secondary N) is 2. The number of fused-ring (bicyclic) bond motifs is 1. The molecule has 2 aromatic rings. The Bertz CT molecular complexity index is 757. The Morgan fingerprint density at radius 3 is 2.62 bits per heavy atom. The fourth-order valence-corrected chi connectivity index (χ4v) is 3.23. The van der Waals surface area contributed by atoms with Crippen LogP contribution in [-0.4, -0.2) is 36.7 Å². The molecular weight excluding hydrogens is 288 g/mol. The monoisotopic (exact) mass is 308 g/mol. The third-order valence-corrected chi connectivity index (χ3v) is 3.87. The first-order chi connectivity index (χ1) is 9.66. The van der Waals surface area contributed by atoms with E-state index in [1.54, 1.807) is 0 Å². The third kappa shape index (κ3) is 4.37. The van der Waals surface area contributed by atoms with Crippen molar-refractivity contribution in [1.82, 2.24) is 14.7 Å². The van der Waals surface area contributed by atoms with E-state index in [9.17, 15) is 8.42 Å². The zero-order valence-electron chi connectivity index (χ0n) is 12.6. The molecule has 1 aromatic carbocycles. The predicted molar refractivity (Wildman–Crippen MR) is 84.8 cm³/mol. The van der Waals surface area contributed by atoms with Crippen molar-refractivity contribution in [1.29, 1.82) is 0 Å². The molecule has 2 rings (SSSR count). The molecule has 0 spiro atoms. The Hall–Kier alpha value is -1.73. The van der Waals surface area contributed by atoms with E-state index in [0.717, 1.165) is 22.7 Å². The number of hydrogen-bond donors (Lipinski definition) is 2. The van der Waals surface area contributed by atoms with Gasteiger partial charge in [-0.2, -0.15) is 0 Å². The molecule has 0 radical (unpaired) electrons. The zero-order chi connectivity index (χ0) is 15.7. The second-order valence-corrected chi connectivity index (χ2v) is 7.60. The minimum Gasteiger partial charge on any atom is -0.368 e. The smallest absolute Gasteiger partial charge is 0.209 e. The second kappa shape index (κ2) is 5.57. The first-order valence-corrected chi connectivity index (χ1v) is 8.50. The highest BCUT2D eigenvalue weighted by molar-refractivity contribution is 7.88. The van der Waals surface area contributed by atoms with Crippen molar-refractivity contribution < 1.29 is 8.42 Å². The van der Waals surface area contributed by atoms with Crippen molar-refractivity contribution in [2.75, 3.05) is 18.1 Å². The van der Waals surface area contributed by atoms with E-state index >= 15 is 0 Å². The predicted octanol–water partition coefficient (Wildman–Crippen LogP) is 1.68. The second-order valence-electron chi connectivity index (χ2n) is 5.85. The lowest BCUT2D eigenvalue weighted by Gasteiger charge is -2.25. The van der Waals surface area contributed by atoms with Crippen LogP contribution in [0.3, 0.4) is 0 Å². The van der Waals surface area contributed by atoms with Gasteiger partial charge in [-0.1, -0.05) is 11.6 Å². The van der Waals surface area contributed by atoms with Crippen molar-refractivity contribution in [3.05, 3.63) is 30.1 Å². The molecule has 7 heteroatoms. The largest absolute Gasteiger partial charge is 0.368 e. The van der Waals surface area contributed by atoms with Crippen LogP contribution in [0.15, 0.2) is 24.5 Å². The molecule has 0 aliphatic heterocycles. The highest BCUT2D eigenvalue weighted by Gasteiger charge is 2.22. The summed E-state index contributed by atoms with van der Waals surface area (Å²) in [6.45, 7) is 6.05. The van der Waals surface area contributed by atoms with Crippen LogP contribution in [0.1, 0.15) is 19.4 Å². The molecule has 21 heavy (non-hydrogen) atoms. The summed E-state index contributed by atoms with van der Waals surface area (Å²) >= 11 is 0. The van der Waals surface area contributed by atoms with Crippen molar-refractivity contribution in [2.24, 2.45) is 0 Å². The van der Waals surface area contributed by atoms with Crippen LogP contribution in [0.5, 0.6) is 0 Å². The van der Waals surface area contributed by atoms with Gasteiger partial charge in [-0.15, -0.1) is 0 Å². The number of nitrogens with zero attached hydrogens (tertiary/aromatic N) is 2. The lowest BCUT2D eigenvalue weighted by Crippen LogP contribution is -2.47. The number of anilines is 1. The van der Waals surface area contributed by atoms with Crippen LogP contribution in [0.4, 0.5) is 5.82 Å². The average Bonchev–Trinajstić information content (AvgIpc) is 2.33. The van der Waals surface area contributed by atoms with Crippen LogP contribution >= 0.6 is 0 Å². The molecule has 0 bridgehead atoms. The Balaban J connectivity index is 2.22. The van der Waals surface area contributed by atoms with Gasteiger partial charge in [-0.25, -0.2) is 23.1 Å². The van der Waals surface area contributed by atoms with Gasteiger partial charge in [-0.05, 0) is 32.9 Å². The van der Waals surface area contributed by atoms with E-state index < -0.39 is 15.6 Å². The van der Waals surface area contributed by atoms with E-state index in [2.05, 4.69) is 20.0 Å². The van der Waals surface area contributed by atoms with Gasteiger partial charge < -0.3 is 5.32 Å². The Labute approximate surface area is 125 Å². The van der Waals surface area contributed by atoms with E-state index in [-0.39, 0.29) is 0 Å². The first-order valence-electron chi connectivity index (χ1n) is 6.60. The van der Waals surface area contributed by atoms with Crippen LogP contribution in [0.2, 0.25) is 0 Å².